The molecule has 1 N–H and O–H groups in total. The summed E-state index contributed by atoms with van der Waals surface area (Å²) in [6.07, 6.45) is -4.51. The Labute approximate surface area is 189 Å². The molecule has 0 aliphatic rings. The van der Waals surface area contributed by atoms with Crippen LogP contribution in [0, 0.1) is 0 Å². The van der Waals surface area contributed by atoms with E-state index in [1.165, 1.54) is 6.07 Å². The molecule has 0 unspecified atom stereocenters. The first kappa shape index (κ1) is 25.1. The molecule has 2 aromatic carbocycles. The van der Waals surface area contributed by atoms with Crippen LogP contribution in [0.3, 0.4) is 0 Å². The predicted octanol–water partition coefficient (Wildman–Crippen LogP) is 5.75. The molecule has 170 valence electrons. The van der Waals surface area contributed by atoms with Crippen molar-refractivity contribution in [1.82, 2.24) is 4.90 Å². The van der Waals surface area contributed by atoms with Crippen molar-refractivity contribution in [3.05, 3.63) is 52.0 Å². The van der Waals surface area contributed by atoms with Gasteiger partial charge in [0, 0.05) is 12.2 Å². The fourth-order valence-electron chi connectivity index (χ4n) is 2.65. The monoisotopic (exact) mass is 478 g/mol. The van der Waals surface area contributed by atoms with Crippen molar-refractivity contribution in [2.45, 2.75) is 20.0 Å². The number of nitrogens with one attached hydrogen (secondary N) is 1. The first-order valence-corrected chi connectivity index (χ1v) is 10.3. The number of ether oxygens (including phenoxy) is 2. The van der Waals surface area contributed by atoms with Gasteiger partial charge >= 0.3 is 6.18 Å². The van der Waals surface area contributed by atoms with Crippen molar-refractivity contribution in [3.63, 3.8) is 0 Å². The highest BCUT2D eigenvalue weighted by atomic mass is 35.5. The minimum Gasteiger partial charge on any atom is -0.491 e. The summed E-state index contributed by atoms with van der Waals surface area (Å²) in [5, 5.41) is 2.69. The molecule has 0 atom stereocenters. The summed E-state index contributed by atoms with van der Waals surface area (Å²) in [5.41, 5.74) is -0.475. The maximum Gasteiger partial charge on any atom is 0.416 e. The van der Waals surface area contributed by atoms with Crippen LogP contribution < -0.4 is 14.8 Å². The Kier molecular flexibility index (Phi) is 9.28. The lowest BCUT2D eigenvalue weighted by Gasteiger charge is -2.18. The molecule has 0 aliphatic carbocycles. The first-order chi connectivity index (χ1) is 14.6. The normalized spacial score (nSPS) is 11.5. The summed E-state index contributed by atoms with van der Waals surface area (Å²) in [7, 11) is 0. The van der Waals surface area contributed by atoms with Gasteiger partial charge in [0.25, 0.3) is 5.91 Å². The number of carbonyl (C=O) groups excluding carboxylic acids is 1. The van der Waals surface area contributed by atoms with Gasteiger partial charge in [-0.2, -0.15) is 13.2 Å². The van der Waals surface area contributed by atoms with Crippen molar-refractivity contribution >= 4 is 34.8 Å². The van der Waals surface area contributed by atoms with Crippen LogP contribution in [0.1, 0.15) is 19.4 Å². The van der Waals surface area contributed by atoms with E-state index in [0.717, 1.165) is 37.8 Å². The average molecular weight is 479 g/mol. The van der Waals surface area contributed by atoms with Crippen molar-refractivity contribution in [1.29, 1.82) is 0 Å². The fourth-order valence-corrected chi connectivity index (χ4v) is 3.12. The largest absolute Gasteiger partial charge is 0.491 e. The van der Waals surface area contributed by atoms with Gasteiger partial charge in [0.2, 0.25) is 0 Å². The second-order valence-corrected chi connectivity index (χ2v) is 7.31. The van der Waals surface area contributed by atoms with Crippen LogP contribution >= 0.6 is 23.2 Å². The van der Waals surface area contributed by atoms with Gasteiger partial charge in [0.1, 0.15) is 18.1 Å². The van der Waals surface area contributed by atoms with Gasteiger partial charge in [-0.05, 0) is 49.5 Å². The third kappa shape index (κ3) is 7.79. The van der Waals surface area contributed by atoms with Crippen LogP contribution in [0.5, 0.6) is 11.5 Å². The number of benzene rings is 2. The summed E-state index contributed by atoms with van der Waals surface area (Å²) in [6.45, 7) is 6.81. The number of anilines is 1. The van der Waals surface area contributed by atoms with E-state index in [2.05, 4.69) is 24.1 Å². The molecule has 0 fully saturated rings. The molecular weight excluding hydrogens is 456 g/mol. The summed E-state index contributed by atoms with van der Waals surface area (Å²) in [6, 6.07) is 7.46. The second kappa shape index (κ2) is 11.5. The number of carbonyl (C=O) groups is 1. The van der Waals surface area contributed by atoms with Crippen molar-refractivity contribution in [2.75, 3.05) is 38.2 Å². The molecule has 5 nitrogen and oxygen atoms in total. The quantitative estimate of drug-likeness (QED) is 0.472. The lowest BCUT2D eigenvalue weighted by molar-refractivity contribution is -0.137. The summed E-state index contributed by atoms with van der Waals surface area (Å²) in [5.74, 6) is -0.0540. The molecule has 10 heteroatoms. The van der Waals surface area contributed by atoms with Gasteiger partial charge in [0.15, 0.2) is 6.61 Å². The molecule has 0 spiro atoms. The Morgan fingerprint density at radius 2 is 1.61 bits per heavy atom. The van der Waals surface area contributed by atoms with Gasteiger partial charge in [-0.15, -0.1) is 0 Å². The Hall–Kier alpha value is -2.16. The number of halogens is 5. The number of nitrogens with zero attached hydrogens (tertiary/aromatic N) is 1. The SMILES string of the molecule is CCN(CC)CCOc1ccc(NC(=O)COc2ccc(C(F)(F)F)cc2Cl)cc1Cl. The van der Waals surface area contributed by atoms with Crippen LogP contribution in [0.15, 0.2) is 36.4 Å². The summed E-state index contributed by atoms with van der Waals surface area (Å²) in [4.78, 5) is 14.3. The number of alkyl halides is 3. The number of hydrogen-bond acceptors (Lipinski definition) is 4. The second-order valence-electron chi connectivity index (χ2n) is 6.50. The smallest absolute Gasteiger partial charge is 0.416 e. The highest BCUT2D eigenvalue weighted by Gasteiger charge is 2.31. The number of likely N-dealkylation sites (N-methyl/N-ethyl adjacent to an activating group) is 1. The molecular formula is C21H23Cl2F3N2O3. The van der Waals surface area contributed by atoms with Gasteiger partial charge in [-0.3, -0.25) is 4.79 Å². The highest BCUT2D eigenvalue weighted by Crippen LogP contribution is 2.34. The average Bonchev–Trinajstić information content (AvgIpc) is 2.71. The molecule has 0 saturated heterocycles. The zero-order chi connectivity index (χ0) is 23.0. The zero-order valence-electron chi connectivity index (χ0n) is 17.1. The molecule has 2 rings (SSSR count). The Morgan fingerprint density at radius 3 is 2.19 bits per heavy atom. The molecule has 0 heterocycles. The Balaban J connectivity index is 1.87. The summed E-state index contributed by atoms with van der Waals surface area (Å²) >= 11 is 12.0. The first-order valence-electron chi connectivity index (χ1n) is 9.58. The van der Waals surface area contributed by atoms with E-state index in [1.807, 2.05) is 0 Å². The van der Waals surface area contributed by atoms with E-state index in [4.69, 9.17) is 32.7 Å². The van der Waals surface area contributed by atoms with E-state index in [-0.39, 0.29) is 10.8 Å². The summed E-state index contributed by atoms with van der Waals surface area (Å²) < 4.78 is 48.9. The highest BCUT2D eigenvalue weighted by molar-refractivity contribution is 6.32. The molecule has 0 saturated carbocycles. The van der Waals surface area contributed by atoms with E-state index in [9.17, 15) is 18.0 Å². The number of amides is 1. The maximum atomic E-state index is 12.7. The number of hydrogen-bond donors (Lipinski definition) is 1. The van der Waals surface area contributed by atoms with Gasteiger partial charge in [0.05, 0.1) is 15.6 Å². The van der Waals surface area contributed by atoms with Crippen LogP contribution in [0.4, 0.5) is 18.9 Å². The van der Waals surface area contributed by atoms with Crippen LogP contribution in [-0.4, -0.2) is 43.7 Å². The van der Waals surface area contributed by atoms with Crippen molar-refractivity contribution in [2.24, 2.45) is 0 Å². The third-order valence-electron chi connectivity index (χ3n) is 4.39. The van der Waals surface area contributed by atoms with Crippen LogP contribution in [-0.2, 0) is 11.0 Å². The number of rotatable bonds is 10. The Morgan fingerprint density at radius 1 is 1.00 bits per heavy atom. The molecule has 1 amide bonds. The Bertz CT molecular complexity index is 891. The van der Waals surface area contributed by atoms with E-state index >= 15 is 0 Å². The minimum absolute atomic E-state index is 0.0280. The predicted molar refractivity (Wildman–Crippen MR) is 115 cm³/mol. The lowest BCUT2D eigenvalue weighted by atomic mass is 10.2. The maximum absolute atomic E-state index is 12.7. The zero-order valence-corrected chi connectivity index (χ0v) is 18.6. The molecule has 0 aliphatic heterocycles. The van der Waals surface area contributed by atoms with Crippen molar-refractivity contribution < 1.29 is 27.4 Å². The van der Waals surface area contributed by atoms with Crippen LogP contribution in [0.25, 0.3) is 0 Å². The lowest BCUT2D eigenvalue weighted by Crippen LogP contribution is -2.27. The standard InChI is InChI=1S/C21H23Cl2F3N2O3/c1-3-28(4-2)9-10-30-18-8-6-15(12-17(18)23)27-20(29)13-31-19-7-5-14(11-16(19)22)21(24,25)26/h5-8,11-12H,3-4,9-10,13H2,1-2H3,(H,27,29). The molecule has 0 bridgehead atoms. The van der Waals surface area contributed by atoms with Crippen molar-refractivity contribution in [3.8, 4) is 11.5 Å². The van der Waals surface area contributed by atoms with E-state index in [1.54, 1.807) is 12.1 Å². The van der Waals surface area contributed by atoms with Gasteiger partial charge in [-0.25, -0.2) is 0 Å². The fraction of sp³-hybridized carbons (Fsp3) is 0.381. The molecule has 2 aromatic rings. The van der Waals surface area contributed by atoms with Gasteiger partial charge < -0.3 is 19.7 Å². The molecule has 0 radical (unpaired) electrons. The topological polar surface area (TPSA) is 50.8 Å². The van der Waals surface area contributed by atoms with E-state index < -0.39 is 24.3 Å². The van der Waals surface area contributed by atoms with Crippen LogP contribution in [0.2, 0.25) is 10.0 Å². The molecule has 0 aromatic heterocycles. The third-order valence-corrected chi connectivity index (χ3v) is 4.98. The minimum atomic E-state index is -4.51. The molecule has 31 heavy (non-hydrogen) atoms. The van der Waals surface area contributed by atoms with Gasteiger partial charge in [-0.1, -0.05) is 37.0 Å². The van der Waals surface area contributed by atoms with E-state index in [0.29, 0.717) is 23.1 Å².